The normalized spacial score (nSPS) is 21.1. The molecule has 1 aliphatic carbocycles. The first-order chi connectivity index (χ1) is 14.1. The first kappa shape index (κ1) is 19.3. The number of likely N-dealkylation sites (tertiary alicyclic amines) is 1. The van der Waals surface area contributed by atoms with Crippen LogP contribution >= 0.6 is 0 Å². The molecule has 0 radical (unpaired) electrons. The van der Waals surface area contributed by atoms with Gasteiger partial charge in [-0.05, 0) is 31.4 Å². The van der Waals surface area contributed by atoms with E-state index in [1.165, 1.54) is 0 Å². The maximum Gasteiger partial charge on any atom is 0.322 e. The standard InChI is InChI=1S/C20H25N5O4/c1-29-18-4-2-3-14(7-18)23-20(28)24-11-16(8-17(24)12-26)25-10-15(9-21-25)22-19(27)13-5-6-13/h2-4,7,9-10,13,16-17,26H,5-6,8,11-12H2,1H3,(H,22,27)(H,23,28)/t16-,17-/m0/s1. The van der Waals surface area contributed by atoms with Gasteiger partial charge in [0.25, 0.3) is 0 Å². The number of ether oxygens (including phenoxy) is 1. The molecule has 4 rings (SSSR count). The Hall–Kier alpha value is -3.07. The first-order valence-corrected chi connectivity index (χ1v) is 9.75. The number of aliphatic hydroxyl groups excluding tert-OH is 1. The predicted octanol–water partition coefficient (Wildman–Crippen LogP) is 2.08. The average Bonchev–Trinajstić information content (AvgIpc) is 3.33. The lowest BCUT2D eigenvalue weighted by molar-refractivity contribution is -0.117. The van der Waals surface area contributed by atoms with Crippen molar-refractivity contribution in [2.45, 2.75) is 31.3 Å². The van der Waals surface area contributed by atoms with Crippen LogP contribution in [0.15, 0.2) is 36.7 Å². The van der Waals surface area contributed by atoms with Crippen LogP contribution in [0.3, 0.4) is 0 Å². The lowest BCUT2D eigenvalue weighted by atomic mass is 10.2. The first-order valence-electron chi connectivity index (χ1n) is 9.75. The fraction of sp³-hybridized carbons (Fsp3) is 0.450. The minimum absolute atomic E-state index is 0.0310. The summed E-state index contributed by atoms with van der Waals surface area (Å²) in [6, 6.07) is 6.45. The molecule has 2 heterocycles. The minimum atomic E-state index is -0.306. The summed E-state index contributed by atoms with van der Waals surface area (Å²) in [5.41, 5.74) is 1.28. The molecule has 2 atom stereocenters. The Bertz CT molecular complexity index is 895. The van der Waals surface area contributed by atoms with E-state index in [1.807, 2.05) is 0 Å². The molecule has 9 heteroatoms. The monoisotopic (exact) mass is 399 g/mol. The Morgan fingerprint density at radius 2 is 2.10 bits per heavy atom. The van der Waals surface area contributed by atoms with Gasteiger partial charge in [0.2, 0.25) is 5.91 Å². The van der Waals surface area contributed by atoms with Gasteiger partial charge < -0.3 is 25.4 Å². The zero-order valence-corrected chi connectivity index (χ0v) is 16.2. The number of nitrogens with zero attached hydrogens (tertiary/aromatic N) is 3. The van der Waals surface area contributed by atoms with Gasteiger partial charge in [0, 0.05) is 30.4 Å². The summed E-state index contributed by atoms with van der Waals surface area (Å²) in [6.07, 6.45) is 5.87. The Balaban J connectivity index is 1.40. The highest BCUT2D eigenvalue weighted by Crippen LogP contribution is 2.31. The Morgan fingerprint density at radius 3 is 2.83 bits per heavy atom. The van der Waals surface area contributed by atoms with E-state index in [4.69, 9.17) is 4.74 Å². The van der Waals surface area contributed by atoms with E-state index in [2.05, 4.69) is 15.7 Å². The highest BCUT2D eigenvalue weighted by Gasteiger charge is 2.36. The third-order valence-electron chi connectivity index (χ3n) is 5.38. The molecule has 3 amide bonds. The SMILES string of the molecule is COc1cccc(NC(=O)N2C[C@@H](n3cc(NC(=O)C4CC4)cn3)C[C@H]2CO)c1. The van der Waals surface area contributed by atoms with Crippen LogP contribution in [-0.4, -0.2) is 58.0 Å². The van der Waals surface area contributed by atoms with Crippen molar-refractivity contribution in [1.82, 2.24) is 14.7 Å². The molecule has 1 saturated carbocycles. The quantitative estimate of drug-likeness (QED) is 0.689. The second kappa shape index (κ2) is 8.12. The van der Waals surface area contributed by atoms with Crippen LogP contribution in [0.2, 0.25) is 0 Å². The minimum Gasteiger partial charge on any atom is -0.497 e. The highest BCUT2D eigenvalue weighted by atomic mass is 16.5. The van der Waals surface area contributed by atoms with Crippen LogP contribution < -0.4 is 15.4 Å². The van der Waals surface area contributed by atoms with Gasteiger partial charge in [0.15, 0.2) is 0 Å². The molecule has 0 spiro atoms. The van der Waals surface area contributed by atoms with E-state index in [0.29, 0.717) is 30.1 Å². The van der Waals surface area contributed by atoms with Gasteiger partial charge in [-0.25, -0.2) is 4.79 Å². The van der Waals surface area contributed by atoms with Gasteiger partial charge in [0.1, 0.15) is 5.75 Å². The maximum absolute atomic E-state index is 12.8. The largest absolute Gasteiger partial charge is 0.497 e. The molecule has 9 nitrogen and oxygen atoms in total. The highest BCUT2D eigenvalue weighted by molar-refractivity contribution is 5.93. The van der Waals surface area contributed by atoms with Crippen molar-refractivity contribution < 1.29 is 19.4 Å². The van der Waals surface area contributed by atoms with Crippen molar-refractivity contribution in [2.24, 2.45) is 5.92 Å². The predicted molar refractivity (Wildman–Crippen MR) is 107 cm³/mol. The number of hydrogen-bond donors (Lipinski definition) is 3. The number of nitrogens with one attached hydrogen (secondary N) is 2. The number of anilines is 2. The molecule has 29 heavy (non-hydrogen) atoms. The molecule has 2 aliphatic rings. The van der Waals surface area contributed by atoms with Gasteiger partial charge in [-0.2, -0.15) is 5.10 Å². The van der Waals surface area contributed by atoms with Crippen molar-refractivity contribution >= 4 is 23.3 Å². The number of methoxy groups -OCH3 is 1. The summed E-state index contributed by atoms with van der Waals surface area (Å²) in [5.74, 6) is 0.807. The van der Waals surface area contributed by atoms with E-state index < -0.39 is 0 Å². The van der Waals surface area contributed by atoms with E-state index >= 15 is 0 Å². The molecule has 1 aromatic carbocycles. The third kappa shape index (κ3) is 4.34. The molecule has 154 valence electrons. The fourth-order valence-electron chi connectivity index (χ4n) is 3.59. The van der Waals surface area contributed by atoms with Crippen LogP contribution in [0.4, 0.5) is 16.2 Å². The van der Waals surface area contributed by atoms with Gasteiger partial charge in [-0.15, -0.1) is 0 Å². The summed E-state index contributed by atoms with van der Waals surface area (Å²) < 4.78 is 6.93. The fourth-order valence-corrected chi connectivity index (χ4v) is 3.59. The van der Waals surface area contributed by atoms with Gasteiger partial charge in [-0.1, -0.05) is 6.07 Å². The lowest BCUT2D eigenvalue weighted by Gasteiger charge is -2.23. The number of amides is 3. The second-order valence-corrected chi connectivity index (χ2v) is 7.51. The van der Waals surface area contributed by atoms with E-state index in [-0.39, 0.29) is 36.5 Å². The summed E-state index contributed by atoms with van der Waals surface area (Å²) >= 11 is 0. The third-order valence-corrected chi connectivity index (χ3v) is 5.38. The van der Waals surface area contributed by atoms with Crippen molar-refractivity contribution in [3.05, 3.63) is 36.7 Å². The van der Waals surface area contributed by atoms with Crippen molar-refractivity contribution in [3.63, 3.8) is 0 Å². The Labute approximate surface area is 168 Å². The Morgan fingerprint density at radius 1 is 1.28 bits per heavy atom. The van der Waals surface area contributed by atoms with Crippen LogP contribution in [0.25, 0.3) is 0 Å². The summed E-state index contributed by atoms with van der Waals surface area (Å²) in [7, 11) is 1.57. The zero-order chi connectivity index (χ0) is 20.4. The molecule has 1 aromatic heterocycles. The average molecular weight is 399 g/mol. The maximum atomic E-state index is 12.8. The topological polar surface area (TPSA) is 109 Å². The van der Waals surface area contributed by atoms with E-state index in [0.717, 1.165) is 12.8 Å². The molecule has 1 aliphatic heterocycles. The van der Waals surface area contributed by atoms with Crippen molar-refractivity contribution in [1.29, 1.82) is 0 Å². The molecule has 2 aromatic rings. The number of rotatable bonds is 6. The molecule has 3 N–H and O–H groups in total. The molecule has 0 bridgehead atoms. The van der Waals surface area contributed by atoms with E-state index in [9.17, 15) is 14.7 Å². The summed E-state index contributed by atoms with van der Waals surface area (Å²) in [6.45, 7) is 0.285. The molecule has 2 fully saturated rings. The number of carbonyl (C=O) groups excluding carboxylic acids is 2. The zero-order valence-electron chi connectivity index (χ0n) is 16.2. The smallest absolute Gasteiger partial charge is 0.322 e. The lowest BCUT2D eigenvalue weighted by Crippen LogP contribution is -2.40. The number of carbonyl (C=O) groups is 2. The number of aliphatic hydroxyl groups is 1. The van der Waals surface area contributed by atoms with Crippen LogP contribution in [0.1, 0.15) is 25.3 Å². The van der Waals surface area contributed by atoms with Crippen LogP contribution in [-0.2, 0) is 4.79 Å². The number of urea groups is 1. The molecule has 1 saturated heterocycles. The van der Waals surface area contributed by atoms with Gasteiger partial charge in [-0.3, -0.25) is 9.48 Å². The van der Waals surface area contributed by atoms with Gasteiger partial charge in [0.05, 0.1) is 37.7 Å². The van der Waals surface area contributed by atoms with Crippen LogP contribution in [0.5, 0.6) is 5.75 Å². The summed E-state index contributed by atoms with van der Waals surface area (Å²) in [4.78, 5) is 26.3. The number of aromatic nitrogens is 2. The van der Waals surface area contributed by atoms with Crippen LogP contribution in [0, 0.1) is 5.92 Å². The summed E-state index contributed by atoms with van der Waals surface area (Å²) in [5, 5.41) is 19.8. The number of hydrogen-bond acceptors (Lipinski definition) is 5. The van der Waals surface area contributed by atoms with Crippen molar-refractivity contribution in [3.8, 4) is 5.75 Å². The molecular formula is C20H25N5O4. The second-order valence-electron chi connectivity index (χ2n) is 7.51. The van der Waals surface area contributed by atoms with E-state index in [1.54, 1.807) is 53.4 Å². The number of benzene rings is 1. The molecule has 0 unspecified atom stereocenters. The van der Waals surface area contributed by atoms with Crippen molar-refractivity contribution in [2.75, 3.05) is 30.9 Å². The van der Waals surface area contributed by atoms with Gasteiger partial charge >= 0.3 is 6.03 Å². The molecular weight excluding hydrogens is 374 g/mol. The Kier molecular flexibility index (Phi) is 5.39.